The molecule has 2 atom stereocenters. The van der Waals surface area contributed by atoms with E-state index in [1.165, 1.54) is 5.56 Å². The van der Waals surface area contributed by atoms with Crippen molar-refractivity contribution in [2.24, 2.45) is 5.73 Å². The predicted octanol–water partition coefficient (Wildman–Crippen LogP) is 3.74. The number of ether oxygens (including phenoxy) is 2. The number of benzene rings is 1. The Morgan fingerprint density at radius 3 is 2.45 bits per heavy atom. The zero-order valence-electron chi connectivity index (χ0n) is 13.5. The van der Waals surface area contributed by atoms with E-state index in [2.05, 4.69) is 52.8 Å². The lowest BCUT2D eigenvalue weighted by Gasteiger charge is -2.28. The molecule has 1 aromatic carbocycles. The third-order valence-corrected chi connectivity index (χ3v) is 3.92. The highest BCUT2D eigenvalue weighted by Crippen LogP contribution is 2.40. The first-order chi connectivity index (χ1) is 9.11. The first-order valence-electron chi connectivity index (χ1n) is 7.34. The summed E-state index contributed by atoms with van der Waals surface area (Å²) in [5.74, 6) is 0.888. The van der Waals surface area contributed by atoms with E-state index in [1.807, 2.05) is 6.92 Å². The molecule has 0 amide bonds. The molecule has 0 radical (unpaired) electrons. The van der Waals surface area contributed by atoms with Crippen molar-refractivity contribution in [2.45, 2.75) is 71.3 Å². The highest BCUT2D eigenvalue weighted by atomic mass is 16.6. The standard InChI is InChI=1S/C17H27NO2/c1-11-7-8-13(12(2)18)14(9-11)19-15-10-16(3,4)20-17(15,5)6/h7-9,12,15H,10,18H2,1-6H3. The summed E-state index contributed by atoms with van der Waals surface area (Å²) >= 11 is 0. The molecule has 1 heterocycles. The summed E-state index contributed by atoms with van der Waals surface area (Å²) in [4.78, 5) is 0. The Balaban J connectivity index is 2.28. The SMILES string of the molecule is Cc1ccc(C(C)N)c(OC2CC(C)(C)OC2(C)C)c1. The van der Waals surface area contributed by atoms with E-state index in [1.54, 1.807) is 0 Å². The monoisotopic (exact) mass is 277 g/mol. The van der Waals surface area contributed by atoms with Crippen LogP contribution < -0.4 is 10.5 Å². The number of aryl methyl sites for hydroxylation is 1. The van der Waals surface area contributed by atoms with Crippen LogP contribution in [0, 0.1) is 6.92 Å². The van der Waals surface area contributed by atoms with E-state index in [4.69, 9.17) is 15.2 Å². The van der Waals surface area contributed by atoms with Gasteiger partial charge in [-0.25, -0.2) is 0 Å². The van der Waals surface area contributed by atoms with Gasteiger partial charge in [0.05, 0.1) is 5.60 Å². The summed E-state index contributed by atoms with van der Waals surface area (Å²) in [6.07, 6.45) is 0.920. The average Bonchev–Trinajstić information content (AvgIpc) is 2.46. The van der Waals surface area contributed by atoms with Gasteiger partial charge < -0.3 is 15.2 Å². The molecular formula is C17H27NO2. The van der Waals surface area contributed by atoms with E-state index >= 15 is 0 Å². The predicted molar refractivity (Wildman–Crippen MR) is 82.1 cm³/mol. The summed E-state index contributed by atoms with van der Waals surface area (Å²) < 4.78 is 12.4. The second-order valence-corrected chi connectivity index (χ2v) is 7.11. The largest absolute Gasteiger partial charge is 0.487 e. The summed E-state index contributed by atoms with van der Waals surface area (Å²) in [5.41, 5.74) is 7.85. The number of rotatable bonds is 3. The second-order valence-electron chi connectivity index (χ2n) is 7.11. The quantitative estimate of drug-likeness (QED) is 0.915. The van der Waals surface area contributed by atoms with Crippen LogP contribution in [0.2, 0.25) is 0 Å². The molecule has 1 aromatic rings. The molecule has 2 unspecified atom stereocenters. The van der Waals surface area contributed by atoms with Gasteiger partial charge in [-0.2, -0.15) is 0 Å². The lowest BCUT2D eigenvalue weighted by atomic mass is 9.96. The van der Waals surface area contributed by atoms with Crippen LogP contribution in [0.4, 0.5) is 0 Å². The second kappa shape index (κ2) is 5.05. The lowest BCUT2D eigenvalue weighted by molar-refractivity contribution is -0.0847. The molecule has 0 bridgehead atoms. The van der Waals surface area contributed by atoms with E-state index in [9.17, 15) is 0 Å². The molecule has 1 fully saturated rings. The third kappa shape index (κ3) is 3.15. The minimum atomic E-state index is -0.289. The zero-order valence-corrected chi connectivity index (χ0v) is 13.5. The first kappa shape index (κ1) is 15.3. The van der Waals surface area contributed by atoms with Crippen molar-refractivity contribution in [2.75, 3.05) is 0 Å². The van der Waals surface area contributed by atoms with Crippen LogP contribution in [-0.2, 0) is 4.74 Å². The number of hydrogen-bond acceptors (Lipinski definition) is 3. The van der Waals surface area contributed by atoms with E-state index in [0.717, 1.165) is 17.7 Å². The molecular weight excluding hydrogens is 250 g/mol. The van der Waals surface area contributed by atoms with Crippen LogP contribution in [0.15, 0.2) is 18.2 Å². The Bertz CT molecular complexity index is 492. The Hall–Kier alpha value is -1.06. The molecule has 1 aliphatic rings. The summed E-state index contributed by atoms with van der Waals surface area (Å²) in [6, 6.07) is 6.17. The van der Waals surface area contributed by atoms with Crippen molar-refractivity contribution < 1.29 is 9.47 Å². The highest BCUT2D eigenvalue weighted by Gasteiger charge is 2.47. The highest BCUT2D eigenvalue weighted by molar-refractivity contribution is 5.39. The molecule has 112 valence electrons. The van der Waals surface area contributed by atoms with Gasteiger partial charge >= 0.3 is 0 Å². The van der Waals surface area contributed by atoms with E-state index in [0.29, 0.717) is 0 Å². The van der Waals surface area contributed by atoms with Gasteiger partial charge in [-0.1, -0.05) is 12.1 Å². The van der Waals surface area contributed by atoms with Crippen LogP contribution in [0.5, 0.6) is 5.75 Å². The Kier molecular flexibility index (Phi) is 3.87. The Morgan fingerprint density at radius 1 is 1.30 bits per heavy atom. The number of hydrogen-bond donors (Lipinski definition) is 1. The maximum absolute atomic E-state index is 6.29. The van der Waals surface area contributed by atoms with Crippen LogP contribution in [0.1, 0.15) is 58.2 Å². The minimum Gasteiger partial charge on any atom is -0.487 e. The summed E-state index contributed by atoms with van der Waals surface area (Å²) in [7, 11) is 0. The van der Waals surface area contributed by atoms with Crippen molar-refractivity contribution in [1.29, 1.82) is 0 Å². The van der Waals surface area contributed by atoms with Gasteiger partial charge in [0.25, 0.3) is 0 Å². The minimum absolute atomic E-state index is 0.0379. The molecule has 1 saturated heterocycles. The van der Waals surface area contributed by atoms with Crippen LogP contribution >= 0.6 is 0 Å². The van der Waals surface area contributed by atoms with Gasteiger partial charge in [0.2, 0.25) is 0 Å². The molecule has 0 aromatic heterocycles. The molecule has 3 nitrogen and oxygen atoms in total. The van der Waals surface area contributed by atoms with Gasteiger partial charge in [0, 0.05) is 18.0 Å². The fourth-order valence-electron chi connectivity index (χ4n) is 2.97. The van der Waals surface area contributed by atoms with Crippen LogP contribution in [0.25, 0.3) is 0 Å². The Labute approximate surface area is 122 Å². The average molecular weight is 277 g/mol. The first-order valence-corrected chi connectivity index (χ1v) is 7.34. The summed E-state index contributed by atoms with van der Waals surface area (Å²) in [6.45, 7) is 12.5. The lowest BCUT2D eigenvalue weighted by Crippen LogP contribution is -2.37. The topological polar surface area (TPSA) is 44.5 Å². The van der Waals surface area contributed by atoms with Crippen molar-refractivity contribution in [3.8, 4) is 5.75 Å². The van der Waals surface area contributed by atoms with Crippen molar-refractivity contribution >= 4 is 0 Å². The molecule has 0 aliphatic carbocycles. The van der Waals surface area contributed by atoms with Gasteiger partial charge in [0.1, 0.15) is 17.5 Å². The molecule has 2 N–H and O–H groups in total. The van der Waals surface area contributed by atoms with Gasteiger partial charge in [-0.05, 0) is 53.2 Å². The normalized spacial score (nSPS) is 25.4. The molecule has 20 heavy (non-hydrogen) atoms. The smallest absolute Gasteiger partial charge is 0.130 e. The van der Waals surface area contributed by atoms with Gasteiger partial charge in [-0.15, -0.1) is 0 Å². The zero-order chi connectivity index (χ0) is 15.1. The number of nitrogens with two attached hydrogens (primary N) is 1. The van der Waals surface area contributed by atoms with Gasteiger partial charge in [0.15, 0.2) is 0 Å². The third-order valence-electron chi connectivity index (χ3n) is 3.92. The molecule has 3 heteroatoms. The van der Waals surface area contributed by atoms with Crippen molar-refractivity contribution in [3.63, 3.8) is 0 Å². The van der Waals surface area contributed by atoms with Crippen molar-refractivity contribution in [3.05, 3.63) is 29.3 Å². The van der Waals surface area contributed by atoms with E-state index in [-0.39, 0.29) is 23.3 Å². The maximum atomic E-state index is 6.29. The summed E-state index contributed by atoms with van der Waals surface area (Å²) in [5, 5.41) is 0. The van der Waals surface area contributed by atoms with Crippen LogP contribution in [0.3, 0.4) is 0 Å². The molecule has 0 saturated carbocycles. The maximum Gasteiger partial charge on any atom is 0.130 e. The van der Waals surface area contributed by atoms with Crippen molar-refractivity contribution in [1.82, 2.24) is 0 Å². The molecule has 2 rings (SSSR count). The van der Waals surface area contributed by atoms with Gasteiger partial charge in [-0.3, -0.25) is 0 Å². The van der Waals surface area contributed by atoms with E-state index < -0.39 is 0 Å². The molecule has 1 aliphatic heterocycles. The fraction of sp³-hybridized carbons (Fsp3) is 0.647. The molecule has 0 spiro atoms. The Morgan fingerprint density at radius 2 is 1.95 bits per heavy atom. The van der Waals surface area contributed by atoms with Crippen LogP contribution in [-0.4, -0.2) is 17.3 Å². The fourth-order valence-corrected chi connectivity index (χ4v) is 2.97.